The maximum absolute atomic E-state index is 14.6. The van der Waals surface area contributed by atoms with E-state index in [1.165, 1.54) is 23.6 Å². The van der Waals surface area contributed by atoms with E-state index in [1.807, 2.05) is 31.4 Å². The second-order valence-corrected chi connectivity index (χ2v) is 9.95. The Morgan fingerprint density at radius 3 is 2.61 bits per heavy atom. The Morgan fingerprint density at radius 1 is 1.15 bits per heavy atom. The minimum atomic E-state index is -0.407. The number of nitrogens with zero attached hydrogens (tertiary/aromatic N) is 4. The molecule has 3 heterocycles. The van der Waals surface area contributed by atoms with Gasteiger partial charge in [-0.25, -0.2) is 9.37 Å². The van der Waals surface area contributed by atoms with E-state index in [9.17, 15) is 9.18 Å². The van der Waals surface area contributed by atoms with E-state index in [1.54, 1.807) is 29.1 Å². The van der Waals surface area contributed by atoms with Gasteiger partial charge in [-0.2, -0.15) is 5.10 Å². The number of pyridine rings is 1. The third-order valence-electron chi connectivity index (χ3n) is 5.27. The molecule has 1 N–H and O–H groups in total. The van der Waals surface area contributed by atoms with Gasteiger partial charge in [0.05, 0.1) is 23.1 Å². The third-order valence-corrected chi connectivity index (χ3v) is 6.03. The van der Waals surface area contributed by atoms with Crippen LogP contribution in [0.25, 0.3) is 22.6 Å². The molecule has 0 saturated carbocycles. The Hall–Kier alpha value is -3.39. The fourth-order valence-electron chi connectivity index (χ4n) is 3.49. The van der Waals surface area contributed by atoms with Crippen molar-refractivity contribution >= 4 is 22.4 Å². The molecule has 0 spiro atoms. The topological polar surface area (TPSA) is 72.7 Å². The zero-order valence-electron chi connectivity index (χ0n) is 19.3. The van der Waals surface area contributed by atoms with Crippen molar-refractivity contribution in [1.82, 2.24) is 19.7 Å². The van der Waals surface area contributed by atoms with Gasteiger partial charge >= 0.3 is 0 Å². The largest absolute Gasteiger partial charge is 0.298 e. The molecule has 1 aromatic carbocycles. The van der Waals surface area contributed by atoms with Crippen LogP contribution in [0.15, 0.2) is 54.2 Å². The summed E-state index contributed by atoms with van der Waals surface area (Å²) in [6, 6.07) is 10.4. The first-order valence-corrected chi connectivity index (χ1v) is 11.6. The second kappa shape index (κ2) is 8.86. The van der Waals surface area contributed by atoms with E-state index in [-0.39, 0.29) is 11.5 Å². The van der Waals surface area contributed by atoms with Crippen molar-refractivity contribution in [2.24, 2.45) is 0 Å². The van der Waals surface area contributed by atoms with E-state index in [2.05, 4.69) is 41.2 Å². The predicted octanol–water partition coefficient (Wildman–Crippen LogP) is 6.34. The first-order valence-electron chi connectivity index (χ1n) is 10.7. The van der Waals surface area contributed by atoms with Crippen LogP contribution in [-0.2, 0) is 5.41 Å². The standard InChI is InChI=1S/C25H26FN5OS/c1-15(2)31-22(17-8-6-7-9-19(17)26)18(13-28-31)23(32)30-24-29-21(14-33-24)20-12-16(10-11-27-20)25(3,4)5/h6-15H,1-5H3,(H,29,30,32). The molecule has 0 radical (unpaired) electrons. The van der Waals surface area contributed by atoms with Gasteiger partial charge in [-0.3, -0.25) is 19.8 Å². The van der Waals surface area contributed by atoms with E-state index in [0.29, 0.717) is 27.6 Å². The second-order valence-electron chi connectivity index (χ2n) is 9.10. The number of hydrogen-bond donors (Lipinski definition) is 1. The van der Waals surface area contributed by atoms with E-state index < -0.39 is 11.7 Å². The number of hydrogen-bond acceptors (Lipinski definition) is 5. The van der Waals surface area contributed by atoms with Crippen LogP contribution in [0.4, 0.5) is 9.52 Å². The Morgan fingerprint density at radius 2 is 1.91 bits per heavy atom. The Balaban J connectivity index is 1.64. The number of benzene rings is 1. The summed E-state index contributed by atoms with van der Waals surface area (Å²) in [4.78, 5) is 22.1. The van der Waals surface area contributed by atoms with Gasteiger partial charge in [-0.05, 0) is 49.1 Å². The number of aromatic nitrogens is 4. The molecule has 0 fully saturated rings. The van der Waals surface area contributed by atoms with Crippen molar-refractivity contribution in [3.8, 4) is 22.6 Å². The maximum atomic E-state index is 14.6. The number of carbonyl (C=O) groups is 1. The highest BCUT2D eigenvalue weighted by molar-refractivity contribution is 7.14. The molecule has 6 nitrogen and oxygen atoms in total. The number of thiazole rings is 1. The minimum absolute atomic E-state index is 0.00948. The zero-order chi connectivity index (χ0) is 23.8. The van der Waals surface area contributed by atoms with Crippen molar-refractivity contribution in [2.75, 3.05) is 5.32 Å². The van der Waals surface area contributed by atoms with Crippen LogP contribution in [0.2, 0.25) is 0 Å². The molecule has 1 amide bonds. The molecule has 33 heavy (non-hydrogen) atoms. The highest BCUT2D eigenvalue weighted by Gasteiger charge is 2.23. The van der Waals surface area contributed by atoms with Crippen LogP contribution in [0.1, 0.15) is 56.6 Å². The van der Waals surface area contributed by atoms with Crippen molar-refractivity contribution in [2.45, 2.75) is 46.1 Å². The lowest BCUT2D eigenvalue weighted by atomic mass is 9.87. The summed E-state index contributed by atoms with van der Waals surface area (Å²) in [5.74, 6) is -0.798. The van der Waals surface area contributed by atoms with Gasteiger partial charge in [0.2, 0.25) is 0 Å². The van der Waals surface area contributed by atoms with Crippen molar-refractivity contribution in [1.29, 1.82) is 0 Å². The minimum Gasteiger partial charge on any atom is -0.298 e. The number of nitrogens with one attached hydrogen (secondary N) is 1. The summed E-state index contributed by atoms with van der Waals surface area (Å²) in [6.45, 7) is 10.3. The average molecular weight is 464 g/mol. The molecule has 0 aliphatic heterocycles. The van der Waals surface area contributed by atoms with Gasteiger partial charge < -0.3 is 0 Å². The molecule has 3 aromatic heterocycles. The van der Waals surface area contributed by atoms with Crippen molar-refractivity contribution in [3.63, 3.8) is 0 Å². The molecule has 0 aliphatic carbocycles. The van der Waals surface area contributed by atoms with Crippen LogP contribution < -0.4 is 5.32 Å². The Kier molecular flexibility index (Phi) is 6.12. The zero-order valence-corrected chi connectivity index (χ0v) is 20.1. The average Bonchev–Trinajstić information content (AvgIpc) is 3.41. The van der Waals surface area contributed by atoms with Crippen LogP contribution >= 0.6 is 11.3 Å². The van der Waals surface area contributed by atoms with Gasteiger partial charge in [-0.15, -0.1) is 11.3 Å². The lowest BCUT2D eigenvalue weighted by Gasteiger charge is -2.18. The number of rotatable bonds is 5. The lowest BCUT2D eigenvalue weighted by molar-refractivity contribution is 0.102. The summed E-state index contributed by atoms with van der Waals surface area (Å²) in [5, 5.41) is 9.48. The lowest BCUT2D eigenvalue weighted by Crippen LogP contribution is -2.14. The molecular formula is C25H26FN5OS. The van der Waals surface area contributed by atoms with E-state index >= 15 is 0 Å². The maximum Gasteiger partial charge on any atom is 0.261 e. The summed E-state index contributed by atoms with van der Waals surface area (Å²) in [5.41, 5.74) is 3.64. The van der Waals surface area contributed by atoms with Gasteiger partial charge in [0.25, 0.3) is 5.91 Å². The normalized spacial score (nSPS) is 11.7. The summed E-state index contributed by atoms with van der Waals surface area (Å²) < 4.78 is 16.2. The predicted molar refractivity (Wildman–Crippen MR) is 130 cm³/mol. The Bertz CT molecular complexity index is 1300. The quantitative estimate of drug-likeness (QED) is 0.375. The van der Waals surface area contributed by atoms with Crippen LogP contribution in [0.5, 0.6) is 0 Å². The van der Waals surface area contributed by atoms with Gasteiger partial charge in [0.1, 0.15) is 11.5 Å². The fourth-order valence-corrected chi connectivity index (χ4v) is 4.19. The number of anilines is 1. The molecule has 170 valence electrons. The van der Waals surface area contributed by atoms with Crippen molar-refractivity contribution in [3.05, 3.63) is 71.1 Å². The van der Waals surface area contributed by atoms with Crippen LogP contribution in [-0.4, -0.2) is 25.7 Å². The van der Waals surface area contributed by atoms with Gasteiger partial charge in [0.15, 0.2) is 5.13 Å². The molecule has 0 atom stereocenters. The third kappa shape index (κ3) is 4.71. The van der Waals surface area contributed by atoms with Crippen LogP contribution in [0, 0.1) is 5.82 Å². The fraction of sp³-hybridized carbons (Fsp3) is 0.280. The molecule has 0 saturated heterocycles. The van der Waals surface area contributed by atoms with E-state index in [4.69, 9.17) is 0 Å². The van der Waals surface area contributed by atoms with Crippen LogP contribution in [0.3, 0.4) is 0 Å². The number of amides is 1. The summed E-state index contributed by atoms with van der Waals surface area (Å²) in [7, 11) is 0. The van der Waals surface area contributed by atoms with Gasteiger partial charge in [0, 0.05) is 23.2 Å². The highest BCUT2D eigenvalue weighted by atomic mass is 32.1. The molecular weight excluding hydrogens is 437 g/mol. The highest BCUT2D eigenvalue weighted by Crippen LogP contribution is 2.31. The van der Waals surface area contributed by atoms with E-state index in [0.717, 1.165) is 11.3 Å². The molecule has 0 aliphatic rings. The molecule has 4 rings (SSSR count). The summed E-state index contributed by atoms with van der Waals surface area (Å²) in [6.07, 6.45) is 3.24. The molecule has 8 heteroatoms. The number of halogens is 1. The monoisotopic (exact) mass is 463 g/mol. The van der Waals surface area contributed by atoms with Crippen molar-refractivity contribution < 1.29 is 9.18 Å². The molecule has 4 aromatic rings. The first kappa shape index (κ1) is 22.8. The summed E-state index contributed by atoms with van der Waals surface area (Å²) >= 11 is 1.31. The molecule has 0 unspecified atom stereocenters. The molecule has 0 bridgehead atoms. The van der Waals surface area contributed by atoms with Gasteiger partial charge in [-0.1, -0.05) is 32.9 Å². The number of carbonyl (C=O) groups excluding carboxylic acids is 1. The first-order chi connectivity index (χ1) is 15.6. The SMILES string of the molecule is CC(C)n1ncc(C(=O)Nc2nc(-c3cc(C(C)(C)C)ccn3)cs2)c1-c1ccccc1F. The smallest absolute Gasteiger partial charge is 0.261 e. The Labute approximate surface area is 196 Å².